The predicted octanol–water partition coefficient (Wildman–Crippen LogP) is 3.73. The Labute approximate surface area is 107 Å². The molecule has 0 radical (unpaired) electrons. The lowest BCUT2D eigenvalue weighted by Crippen LogP contribution is -2.11. The fourth-order valence-corrected chi connectivity index (χ4v) is 3.43. The van der Waals surface area contributed by atoms with Crippen molar-refractivity contribution in [2.75, 3.05) is 0 Å². The molecule has 1 saturated carbocycles. The van der Waals surface area contributed by atoms with Crippen LogP contribution in [-0.2, 0) is 4.74 Å². The molecule has 2 aliphatic rings. The van der Waals surface area contributed by atoms with Crippen molar-refractivity contribution < 1.29 is 4.74 Å². The standard InChI is InChI=1S/C17H16O/c1-3-7-12(8-4-1)14-11-15-17(18-15)16(14)13-9-5-2-6-10-13/h1-10,14-17H,11H2/t14-,15?,16-,17?/m1/s1. The Morgan fingerprint density at radius 1 is 0.778 bits per heavy atom. The van der Waals surface area contributed by atoms with Crippen LogP contribution in [0.5, 0.6) is 0 Å². The second-order valence-corrected chi connectivity index (χ2v) is 5.33. The van der Waals surface area contributed by atoms with E-state index < -0.39 is 0 Å². The second kappa shape index (κ2) is 3.96. The van der Waals surface area contributed by atoms with Gasteiger partial charge in [0.2, 0.25) is 0 Å². The summed E-state index contributed by atoms with van der Waals surface area (Å²) in [6.45, 7) is 0. The van der Waals surface area contributed by atoms with E-state index in [1.807, 2.05) is 0 Å². The van der Waals surface area contributed by atoms with Crippen LogP contribution in [0.15, 0.2) is 60.7 Å². The van der Waals surface area contributed by atoms with Crippen LogP contribution < -0.4 is 0 Å². The zero-order chi connectivity index (χ0) is 11.9. The number of hydrogen-bond donors (Lipinski definition) is 0. The maximum atomic E-state index is 5.77. The van der Waals surface area contributed by atoms with Crippen LogP contribution in [0.2, 0.25) is 0 Å². The number of fused-ring (bicyclic) bond motifs is 1. The van der Waals surface area contributed by atoms with Gasteiger partial charge in [0.15, 0.2) is 0 Å². The SMILES string of the molecule is c1ccc([C@H]2CC3OC3[C@@H]2c2ccccc2)cc1. The van der Waals surface area contributed by atoms with Crippen molar-refractivity contribution in [3.63, 3.8) is 0 Å². The molecule has 90 valence electrons. The lowest BCUT2D eigenvalue weighted by atomic mass is 9.83. The Balaban J connectivity index is 1.72. The van der Waals surface area contributed by atoms with Crippen LogP contribution in [0.4, 0.5) is 0 Å². The molecule has 1 saturated heterocycles. The van der Waals surface area contributed by atoms with Crippen LogP contribution in [-0.4, -0.2) is 12.2 Å². The highest BCUT2D eigenvalue weighted by Gasteiger charge is 2.56. The number of epoxide rings is 1. The average Bonchev–Trinajstić information content (AvgIpc) is 3.11. The third-order valence-electron chi connectivity index (χ3n) is 4.31. The van der Waals surface area contributed by atoms with E-state index in [1.165, 1.54) is 17.5 Å². The third-order valence-corrected chi connectivity index (χ3v) is 4.31. The van der Waals surface area contributed by atoms with E-state index in [0.29, 0.717) is 24.0 Å². The van der Waals surface area contributed by atoms with E-state index in [9.17, 15) is 0 Å². The number of rotatable bonds is 2. The van der Waals surface area contributed by atoms with Gasteiger partial charge >= 0.3 is 0 Å². The molecule has 1 aliphatic carbocycles. The molecule has 18 heavy (non-hydrogen) atoms. The molecule has 1 aliphatic heterocycles. The minimum atomic E-state index is 0.456. The van der Waals surface area contributed by atoms with Crippen molar-refractivity contribution in [1.29, 1.82) is 0 Å². The maximum Gasteiger partial charge on any atom is 0.0916 e. The summed E-state index contributed by atoms with van der Waals surface area (Å²) in [4.78, 5) is 0. The molecule has 2 unspecified atom stereocenters. The fourth-order valence-electron chi connectivity index (χ4n) is 3.43. The van der Waals surface area contributed by atoms with Crippen LogP contribution >= 0.6 is 0 Å². The van der Waals surface area contributed by atoms with Crippen molar-refractivity contribution in [1.82, 2.24) is 0 Å². The first-order valence-electron chi connectivity index (χ1n) is 6.69. The molecule has 2 aromatic carbocycles. The fraction of sp³-hybridized carbons (Fsp3) is 0.294. The summed E-state index contributed by atoms with van der Waals surface area (Å²) in [6.07, 6.45) is 2.13. The Kier molecular flexibility index (Phi) is 2.27. The van der Waals surface area contributed by atoms with Gasteiger partial charge in [-0.15, -0.1) is 0 Å². The van der Waals surface area contributed by atoms with E-state index in [2.05, 4.69) is 60.7 Å². The van der Waals surface area contributed by atoms with Crippen LogP contribution in [0.3, 0.4) is 0 Å². The van der Waals surface area contributed by atoms with E-state index >= 15 is 0 Å². The molecule has 4 rings (SSSR count). The monoisotopic (exact) mass is 236 g/mol. The number of benzene rings is 2. The van der Waals surface area contributed by atoms with Gasteiger partial charge in [0.25, 0.3) is 0 Å². The molecule has 0 amide bonds. The molecular formula is C17H16O. The van der Waals surface area contributed by atoms with Crippen molar-refractivity contribution in [3.05, 3.63) is 71.8 Å². The first-order chi connectivity index (χ1) is 8.93. The molecule has 0 bridgehead atoms. The Morgan fingerprint density at radius 3 is 2.06 bits per heavy atom. The van der Waals surface area contributed by atoms with Gasteiger partial charge in [-0.1, -0.05) is 60.7 Å². The van der Waals surface area contributed by atoms with Crippen LogP contribution in [0.25, 0.3) is 0 Å². The normalized spacial score (nSPS) is 33.1. The number of hydrogen-bond acceptors (Lipinski definition) is 1. The Hall–Kier alpha value is -1.60. The van der Waals surface area contributed by atoms with Crippen molar-refractivity contribution in [2.24, 2.45) is 0 Å². The zero-order valence-corrected chi connectivity index (χ0v) is 10.2. The highest BCUT2D eigenvalue weighted by atomic mass is 16.6. The molecule has 1 nitrogen and oxygen atoms in total. The van der Waals surface area contributed by atoms with Gasteiger partial charge in [0, 0.05) is 5.92 Å². The van der Waals surface area contributed by atoms with E-state index in [0.717, 1.165) is 0 Å². The minimum absolute atomic E-state index is 0.456. The summed E-state index contributed by atoms with van der Waals surface area (Å²) < 4.78 is 5.77. The van der Waals surface area contributed by atoms with E-state index in [4.69, 9.17) is 4.74 Å². The van der Waals surface area contributed by atoms with Crippen molar-refractivity contribution in [2.45, 2.75) is 30.5 Å². The summed E-state index contributed by atoms with van der Waals surface area (Å²) in [5.41, 5.74) is 2.89. The van der Waals surface area contributed by atoms with E-state index in [1.54, 1.807) is 0 Å². The molecular weight excluding hydrogens is 220 g/mol. The van der Waals surface area contributed by atoms with Crippen molar-refractivity contribution in [3.8, 4) is 0 Å². The topological polar surface area (TPSA) is 12.5 Å². The quantitative estimate of drug-likeness (QED) is 0.724. The first-order valence-corrected chi connectivity index (χ1v) is 6.69. The zero-order valence-electron chi connectivity index (χ0n) is 10.2. The molecule has 0 aromatic heterocycles. The van der Waals surface area contributed by atoms with Crippen LogP contribution in [0, 0.1) is 0 Å². The summed E-state index contributed by atoms with van der Waals surface area (Å²) >= 11 is 0. The van der Waals surface area contributed by atoms with Gasteiger partial charge in [-0.05, 0) is 23.5 Å². The van der Waals surface area contributed by atoms with E-state index in [-0.39, 0.29) is 0 Å². The predicted molar refractivity (Wildman–Crippen MR) is 71.6 cm³/mol. The molecule has 4 atom stereocenters. The molecule has 2 fully saturated rings. The summed E-state index contributed by atoms with van der Waals surface area (Å²) in [7, 11) is 0. The molecule has 0 spiro atoms. The summed E-state index contributed by atoms with van der Waals surface area (Å²) in [6, 6.07) is 21.7. The molecule has 0 N–H and O–H groups in total. The lowest BCUT2D eigenvalue weighted by molar-refractivity contribution is 0.281. The van der Waals surface area contributed by atoms with Gasteiger partial charge in [0.05, 0.1) is 12.2 Å². The van der Waals surface area contributed by atoms with Gasteiger partial charge < -0.3 is 4.74 Å². The minimum Gasteiger partial charge on any atom is -0.369 e. The Morgan fingerprint density at radius 2 is 1.39 bits per heavy atom. The van der Waals surface area contributed by atoms with Gasteiger partial charge in [0.1, 0.15) is 0 Å². The Bertz CT molecular complexity index is 534. The van der Waals surface area contributed by atoms with Crippen LogP contribution in [0.1, 0.15) is 29.4 Å². The largest absolute Gasteiger partial charge is 0.369 e. The van der Waals surface area contributed by atoms with Gasteiger partial charge in [-0.3, -0.25) is 0 Å². The average molecular weight is 236 g/mol. The van der Waals surface area contributed by atoms with Gasteiger partial charge in [-0.25, -0.2) is 0 Å². The highest BCUT2D eigenvalue weighted by molar-refractivity contribution is 5.35. The highest BCUT2D eigenvalue weighted by Crippen LogP contribution is 2.55. The van der Waals surface area contributed by atoms with Gasteiger partial charge in [-0.2, -0.15) is 0 Å². The van der Waals surface area contributed by atoms with Crippen molar-refractivity contribution >= 4 is 0 Å². The summed E-state index contributed by atoms with van der Waals surface area (Å²) in [5.74, 6) is 1.16. The summed E-state index contributed by atoms with van der Waals surface area (Å²) in [5, 5.41) is 0. The second-order valence-electron chi connectivity index (χ2n) is 5.33. The molecule has 1 heterocycles. The molecule has 2 aromatic rings. The smallest absolute Gasteiger partial charge is 0.0916 e. The first kappa shape index (κ1) is 10.3. The molecule has 1 heteroatoms. The maximum absolute atomic E-state index is 5.77. The number of ether oxygens (including phenoxy) is 1. The lowest BCUT2D eigenvalue weighted by Gasteiger charge is -2.22. The third kappa shape index (κ3) is 1.58.